The van der Waals surface area contributed by atoms with E-state index in [9.17, 15) is 0 Å². The van der Waals surface area contributed by atoms with E-state index >= 15 is 0 Å². The van der Waals surface area contributed by atoms with Crippen molar-refractivity contribution in [1.82, 2.24) is 10.2 Å². The molecule has 1 heterocycles. The minimum Gasteiger partial charge on any atom is -0.383 e. The molecule has 1 saturated heterocycles. The van der Waals surface area contributed by atoms with Crippen LogP contribution in [0.1, 0.15) is 32.1 Å². The van der Waals surface area contributed by atoms with E-state index in [0.717, 1.165) is 32.2 Å². The fourth-order valence-electron chi connectivity index (χ4n) is 2.81. The Hall–Kier alpha value is -0.810. The largest absolute Gasteiger partial charge is 0.383 e. The standard InChI is InChI=1S/C14H28N4O/c1-19-9-8-18-7-3-6-13(18)11-17-14(15)16-10-12-4-2-5-12/h12-13H,2-11H2,1H3,(H3,15,16,17). The SMILES string of the molecule is COCCN1CCCC1CNC(N)=NCC1CCC1. The molecule has 0 amide bonds. The van der Waals surface area contributed by atoms with Crippen molar-refractivity contribution in [3.63, 3.8) is 0 Å². The van der Waals surface area contributed by atoms with Crippen LogP contribution < -0.4 is 11.1 Å². The minimum atomic E-state index is 0.576. The van der Waals surface area contributed by atoms with Gasteiger partial charge in [-0.3, -0.25) is 9.89 Å². The Bertz CT molecular complexity index is 291. The molecule has 2 aliphatic rings. The van der Waals surface area contributed by atoms with Gasteiger partial charge >= 0.3 is 0 Å². The van der Waals surface area contributed by atoms with Crippen molar-refractivity contribution in [2.45, 2.75) is 38.1 Å². The number of rotatable bonds is 7. The summed E-state index contributed by atoms with van der Waals surface area (Å²) in [5.41, 5.74) is 5.92. The maximum atomic E-state index is 5.92. The van der Waals surface area contributed by atoms with Gasteiger partial charge in [0, 0.05) is 32.8 Å². The van der Waals surface area contributed by atoms with Crippen LogP contribution in [0.15, 0.2) is 4.99 Å². The summed E-state index contributed by atoms with van der Waals surface area (Å²) in [5, 5.41) is 3.28. The van der Waals surface area contributed by atoms with Crippen LogP contribution in [0.25, 0.3) is 0 Å². The summed E-state index contributed by atoms with van der Waals surface area (Å²) < 4.78 is 5.15. The minimum absolute atomic E-state index is 0.576. The zero-order valence-corrected chi connectivity index (χ0v) is 12.1. The van der Waals surface area contributed by atoms with Crippen LogP contribution >= 0.6 is 0 Å². The summed E-state index contributed by atoms with van der Waals surface area (Å²) in [6.07, 6.45) is 6.53. The molecule has 0 bridgehead atoms. The molecule has 1 atom stereocenters. The van der Waals surface area contributed by atoms with Gasteiger partial charge in [0.05, 0.1) is 6.61 Å². The van der Waals surface area contributed by atoms with Crippen LogP contribution in [0.2, 0.25) is 0 Å². The van der Waals surface area contributed by atoms with Gasteiger partial charge in [0.1, 0.15) is 0 Å². The molecule has 2 fully saturated rings. The molecule has 2 rings (SSSR count). The van der Waals surface area contributed by atoms with E-state index in [1.807, 2.05) is 0 Å². The lowest BCUT2D eigenvalue weighted by atomic mass is 9.86. The summed E-state index contributed by atoms with van der Waals surface area (Å²) in [7, 11) is 1.76. The topological polar surface area (TPSA) is 62.9 Å². The van der Waals surface area contributed by atoms with Crippen LogP contribution in [0.4, 0.5) is 0 Å². The van der Waals surface area contributed by atoms with Crippen LogP contribution in [0, 0.1) is 5.92 Å². The van der Waals surface area contributed by atoms with Crippen LogP contribution in [-0.2, 0) is 4.74 Å². The molecule has 1 unspecified atom stereocenters. The van der Waals surface area contributed by atoms with E-state index in [2.05, 4.69) is 15.2 Å². The molecule has 3 N–H and O–H groups in total. The van der Waals surface area contributed by atoms with Crippen molar-refractivity contribution < 1.29 is 4.74 Å². The van der Waals surface area contributed by atoms with Gasteiger partial charge in [-0.15, -0.1) is 0 Å². The highest BCUT2D eigenvalue weighted by molar-refractivity contribution is 5.77. The van der Waals surface area contributed by atoms with Gasteiger partial charge < -0.3 is 15.8 Å². The van der Waals surface area contributed by atoms with Crippen LogP contribution in [-0.4, -0.2) is 56.8 Å². The molecule has 5 heteroatoms. The Morgan fingerprint density at radius 3 is 2.89 bits per heavy atom. The fourth-order valence-corrected chi connectivity index (χ4v) is 2.81. The Kier molecular flexibility index (Phi) is 5.92. The highest BCUT2D eigenvalue weighted by Gasteiger charge is 2.23. The molecule has 0 aromatic rings. The van der Waals surface area contributed by atoms with Crippen molar-refractivity contribution in [3.05, 3.63) is 0 Å². The lowest BCUT2D eigenvalue weighted by molar-refractivity contribution is 0.141. The predicted octanol–water partition coefficient (Wildman–Crippen LogP) is 0.802. The van der Waals surface area contributed by atoms with Crippen molar-refractivity contribution in [1.29, 1.82) is 0 Å². The third-order valence-corrected chi connectivity index (χ3v) is 4.35. The maximum Gasteiger partial charge on any atom is 0.188 e. The van der Waals surface area contributed by atoms with E-state index in [4.69, 9.17) is 10.5 Å². The monoisotopic (exact) mass is 268 g/mol. The molecule has 19 heavy (non-hydrogen) atoms. The summed E-state index contributed by atoms with van der Waals surface area (Å²) >= 11 is 0. The number of hydrogen-bond donors (Lipinski definition) is 2. The second kappa shape index (κ2) is 7.70. The zero-order valence-electron chi connectivity index (χ0n) is 12.1. The lowest BCUT2D eigenvalue weighted by Crippen LogP contribution is -2.44. The quantitative estimate of drug-likeness (QED) is 0.529. The number of nitrogens with zero attached hydrogens (tertiary/aromatic N) is 2. The van der Waals surface area contributed by atoms with E-state index in [-0.39, 0.29) is 0 Å². The molecular weight excluding hydrogens is 240 g/mol. The number of nitrogens with two attached hydrogens (primary N) is 1. The number of aliphatic imine (C=N–C) groups is 1. The van der Waals surface area contributed by atoms with E-state index in [1.165, 1.54) is 38.6 Å². The van der Waals surface area contributed by atoms with Crippen molar-refractivity contribution >= 4 is 5.96 Å². The normalized spacial score (nSPS) is 25.5. The Morgan fingerprint density at radius 2 is 2.21 bits per heavy atom. The first-order valence-electron chi connectivity index (χ1n) is 7.56. The molecule has 1 aliphatic carbocycles. The lowest BCUT2D eigenvalue weighted by Gasteiger charge is -2.25. The van der Waals surface area contributed by atoms with Gasteiger partial charge in [0.25, 0.3) is 0 Å². The first kappa shape index (κ1) is 14.6. The summed E-state index contributed by atoms with van der Waals surface area (Å²) in [6.45, 7) is 4.80. The third kappa shape index (κ3) is 4.66. The van der Waals surface area contributed by atoms with Gasteiger partial charge in [-0.25, -0.2) is 0 Å². The van der Waals surface area contributed by atoms with Crippen molar-refractivity contribution in [2.75, 3.05) is 39.9 Å². The molecule has 1 aliphatic heterocycles. The highest BCUT2D eigenvalue weighted by atomic mass is 16.5. The van der Waals surface area contributed by atoms with Gasteiger partial charge in [0.15, 0.2) is 5.96 Å². The first-order chi connectivity index (χ1) is 9.29. The highest BCUT2D eigenvalue weighted by Crippen LogP contribution is 2.26. The molecule has 1 saturated carbocycles. The Morgan fingerprint density at radius 1 is 1.37 bits per heavy atom. The summed E-state index contributed by atoms with van der Waals surface area (Å²) in [4.78, 5) is 6.92. The third-order valence-electron chi connectivity index (χ3n) is 4.35. The molecule has 0 spiro atoms. The van der Waals surface area contributed by atoms with Gasteiger partial charge in [-0.05, 0) is 38.1 Å². The van der Waals surface area contributed by atoms with Gasteiger partial charge in [0.2, 0.25) is 0 Å². The molecule has 0 aromatic heterocycles. The number of likely N-dealkylation sites (tertiary alicyclic amines) is 1. The second-order valence-corrected chi connectivity index (χ2v) is 5.73. The van der Waals surface area contributed by atoms with Gasteiger partial charge in [-0.2, -0.15) is 0 Å². The molecule has 5 nitrogen and oxygen atoms in total. The van der Waals surface area contributed by atoms with Crippen molar-refractivity contribution in [2.24, 2.45) is 16.6 Å². The molecule has 0 aromatic carbocycles. The average molecular weight is 268 g/mol. The fraction of sp³-hybridized carbons (Fsp3) is 0.929. The van der Waals surface area contributed by atoms with Crippen LogP contribution in [0.3, 0.4) is 0 Å². The molecule has 0 radical (unpaired) electrons. The van der Waals surface area contributed by atoms with Gasteiger partial charge in [-0.1, -0.05) is 6.42 Å². The van der Waals surface area contributed by atoms with Crippen molar-refractivity contribution in [3.8, 4) is 0 Å². The number of hydrogen-bond acceptors (Lipinski definition) is 3. The van der Waals surface area contributed by atoms with E-state index in [0.29, 0.717) is 12.0 Å². The second-order valence-electron chi connectivity index (χ2n) is 5.73. The number of guanidine groups is 1. The summed E-state index contributed by atoms with van der Waals surface area (Å²) in [6, 6.07) is 0.576. The maximum absolute atomic E-state index is 5.92. The number of nitrogens with one attached hydrogen (secondary N) is 1. The first-order valence-corrected chi connectivity index (χ1v) is 7.56. The van der Waals surface area contributed by atoms with E-state index in [1.54, 1.807) is 7.11 Å². The smallest absolute Gasteiger partial charge is 0.188 e. The Labute approximate surface area is 116 Å². The average Bonchev–Trinajstić information content (AvgIpc) is 2.79. The number of methoxy groups -OCH3 is 1. The predicted molar refractivity (Wildman–Crippen MR) is 78.3 cm³/mol. The molecule has 110 valence electrons. The van der Waals surface area contributed by atoms with E-state index < -0.39 is 0 Å². The summed E-state index contributed by atoms with van der Waals surface area (Å²) in [5.74, 6) is 1.40. The molecular formula is C14H28N4O. The number of ether oxygens (including phenoxy) is 1. The Balaban J connectivity index is 1.65. The zero-order chi connectivity index (χ0) is 13.5. The van der Waals surface area contributed by atoms with Crippen LogP contribution in [0.5, 0.6) is 0 Å².